The molecule has 0 rings (SSSR count). The summed E-state index contributed by atoms with van der Waals surface area (Å²) in [6.07, 6.45) is 44.7. The van der Waals surface area contributed by atoms with Gasteiger partial charge in [0.2, 0.25) is 0 Å². The summed E-state index contributed by atoms with van der Waals surface area (Å²) in [5, 5.41) is 8.85. The summed E-state index contributed by atoms with van der Waals surface area (Å²) < 4.78 is 32.4. The van der Waals surface area contributed by atoms with Gasteiger partial charge in [-0.25, -0.2) is 4.57 Å². The van der Waals surface area contributed by atoms with Crippen LogP contribution in [-0.2, 0) is 37.5 Å². The van der Waals surface area contributed by atoms with Gasteiger partial charge < -0.3 is 25.2 Å². The molecule has 12 heteroatoms. The number of hydrogen-bond donors (Lipinski definition) is 3. The number of carboxylic acid groups (broad SMARTS) is 1. The van der Waals surface area contributed by atoms with Crippen LogP contribution in [0.5, 0.6) is 0 Å². The van der Waals surface area contributed by atoms with E-state index in [-0.39, 0.29) is 12.8 Å². The molecular formula is C41H62NO10P. The van der Waals surface area contributed by atoms with Gasteiger partial charge in [0.1, 0.15) is 12.6 Å². The number of phosphoric ester groups is 1. The normalized spacial score (nSPS) is 15.1. The predicted molar refractivity (Wildman–Crippen MR) is 212 cm³/mol. The Morgan fingerprint density at radius 1 is 0.604 bits per heavy atom. The van der Waals surface area contributed by atoms with Crippen molar-refractivity contribution in [2.75, 3.05) is 19.8 Å². The highest BCUT2D eigenvalue weighted by Crippen LogP contribution is 2.43. The molecule has 0 radical (unpaired) electrons. The molecule has 0 aromatic heterocycles. The van der Waals surface area contributed by atoms with Crippen LogP contribution in [0.15, 0.2) is 109 Å². The molecule has 0 aliphatic rings. The fraction of sp³-hybridized carbons (Fsp3) is 0.488. The van der Waals surface area contributed by atoms with Gasteiger partial charge in [0.25, 0.3) is 0 Å². The number of rotatable bonds is 32. The second-order valence-electron chi connectivity index (χ2n) is 11.7. The fourth-order valence-electron chi connectivity index (χ4n) is 4.00. The zero-order valence-electron chi connectivity index (χ0n) is 31.5. The minimum absolute atomic E-state index is 0.0815. The third kappa shape index (κ3) is 35.0. The van der Waals surface area contributed by atoms with Crippen LogP contribution in [0.1, 0.15) is 97.3 Å². The van der Waals surface area contributed by atoms with Gasteiger partial charge >= 0.3 is 25.7 Å². The van der Waals surface area contributed by atoms with Crippen LogP contribution >= 0.6 is 7.82 Å². The van der Waals surface area contributed by atoms with Gasteiger partial charge in [0, 0.05) is 12.8 Å². The van der Waals surface area contributed by atoms with Gasteiger partial charge in [-0.15, -0.1) is 0 Å². The molecule has 296 valence electrons. The maximum absolute atomic E-state index is 12.5. The van der Waals surface area contributed by atoms with Crippen molar-refractivity contribution < 1.29 is 47.5 Å². The first-order valence-electron chi connectivity index (χ1n) is 18.5. The van der Waals surface area contributed by atoms with Crippen molar-refractivity contribution >= 4 is 25.7 Å². The van der Waals surface area contributed by atoms with Gasteiger partial charge in [-0.1, -0.05) is 130 Å². The number of hydrogen-bond acceptors (Lipinski definition) is 9. The molecular weight excluding hydrogens is 697 g/mol. The number of allylic oxidation sites excluding steroid dienone is 18. The topological polar surface area (TPSA) is 172 Å². The van der Waals surface area contributed by atoms with E-state index in [1.54, 1.807) is 0 Å². The van der Waals surface area contributed by atoms with E-state index in [2.05, 4.69) is 67.0 Å². The molecule has 11 nitrogen and oxygen atoms in total. The lowest BCUT2D eigenvalue weighted by Crippen LogP contribution is -2.34. The molecule has 0 fully saturated rings. The third-order valence-corrected chi connectivity index (χ3v) is 7.82. The molecule has 0 amide bonds. The monoisotopic (exact) mass is 759 g/mol. The third-order valence-electron chi connectivity index (χ3n) is 6.87. The highest BCUT2D eigenvalue weighted by Gasteiger charge is 2.28. The molecule has 0 saturated heterocycles. The summed E-state index contributed by atoms with van der Waals surface area (Å²) >= 11 is 0. The first-order chi connectivity index (χ1) is 25.6. The zero-order chi connectivity index (χ0) is 39.3. The van der Waals surface area contributed by atoms with E-state index < -0.39 is 57.7 Å². The van der Waals surface area contributed by atoms with E-state index in [4.69, 9.17) is 24.8 Å². The molecule has 0 bridgehead atoms. The van der Waals surface area contributed by atoms with E-state index in [0.717, 1.165) is 57.8 Å². The number of unbranched alkanes of at least 4 members (excludes halogenated alkanes) is 3. The molecule has 3 atom stereocenters. The Balaban J connectivity index is 4.67. The zero-order valence-corrected chi connectivity index (χ0v) is 32.4. The van der Waals surface area contributed by atoms with Crippen LogP contribution in [0.25, 0.3) is 0 Å². The van der Waals surface area contributed by atoms with Crippen molar-refractivity contribution in [1.29, 1.82) is 0 Å². The van der Waals surface area contributed by atoms with E-state index >= 15 is 0 Å². The largest absolute Gasteiger partial charge is 0.480 e. The minimum Gasteiger partial charge on any atom is -0.480 e. The van der Waals surface area contributed by atoms with Crippen LogP contribution in [0.3, 0.4) is 0 Å². The first kappa shape index (κ1) is 49.1. The second-order valence-corrected chi connectivity index (χ2v) is 13.1. The minimum atomic E-state index is -4.75. The standard InChI is InChI=1S/C41H62NO10P/c1-3-5-7-9-11-13-15-17-18-19-21-22-24-26-28-30-32-39(43)49-34-37(35-50-53(47,48)51-36-38(42)41(45)46)52-40(44)33-31-29-27-25-23-20-16-14-12-10-8-6-4-2/h5-8,10-14,16-18,20-23,26,28,37-38H,3-4,9,15,19,24-25,27,29-36,42H2,1-2H3,(H,45,46)(H,47,48)/b7-5+,8-6+,12-10+,13-11+,16-14+,18-17+,22-21+,23-20+,28-26+/t37?,38-/m0/s1. The lowest BCUT2D eigenvalue weighted by Gasteiger charge is -2.20. The lowest BCUT2D eigenvalue weighted by molar-refractivity contribution is -0.161. The number of ether oxygens (including phenoxy) is 2. The van der Waals surface area contributed by atoms with E-state index in [1.165, 1.54) is 0 Å². The van der Waals surface area contributed by atoms with Crippen molar-refractivity contribution in [2.45, 2.75) is 109 Å². The van der Waals surface area contributed by atoms with Gasteiger partial charge in [-0.05, 0) is 64.2 Å². The molecule has 0 aromatic rings. The highest BCUT2D eigenvalue weighted by atomic mass is 31.2. The summed E-state index contributed by atoms with van der Waals surface area (Å²) in [6, 6.07) is -1.54. The van der Waals surface area contributed by atoms with Crippen molar-refractivity contribution in [3.63, 3.8) is 0 Å². The van der Waals surface area contributed by atoms with E-state index in [0.29, 0.717) is 12.8 Å². The number of aliphatic carboxylic acids is 1. The number of carboxylic acids is 1. The Morgan fingerprint density at radius 2 is 1.13 bits per heavy atom. The summed E-state index contributed by atoms with van der Waals surface area (Å²) in [7, 11) is -4.75. The number of phosphoric acid groups is 1. The molecule has 2 unspecified atom stereocenters. The van der Waals surface area contributed by atoms with Crippen LogP contribution in [0.2, 0.25) is 0 Å². The quantitative estimate of drug-likeness (QED) is 0.0196. The highest BCUT2D eigenvalue weighted by molar-refractivity contribution is 7.47. The van der Waals surface area contributed by atoms with Crippen LogP contribution in [-0.4, -0.2) is 59.9 Å². The molecule has 0 heterocycles. The Bertz CT molecular complexity index is 1310. The smallest absolute Gasteiger partial charge is 0.472 e. The van der Waals surface area contributed by atoms with Crippen molar-refractivity contribution in [3.05, 3.63) is 109 Å². The van der Waals surface area contributed by atoms with Crippen molar-refractivity contribution in [1.82, 2.24) is 0 Å². The molecule has 0 spiro atoms. The first-order valence-corrected chi connectivity index (χ1v) is 20.0. The number of carbonyl (C=O) groups is 3. The lowest BCUT2D eigenvalue weighted by atomic mass is 10.1. The van der Waals surface area contributed by atoms with Gasteiger partial charge in [0.05, 0.1) is 13.2 Å². The molecule has 4 N–H and O–H groups in total. The van der Waals surface area contributed by atoms with Gasteiger partial charge in [0.15, 0.2) is 6.10 Å². The SMILES string of the molecule is CC/C=C/C=C/C=C/C=C/CCCCCC(=O)OC(COC(=O)CC/C=C/C/C=C/C/C=C/C/C=C/C/C=C/CC)COP(=O)(O)OC[C@H](N)C(=O)O. The van der Waals surface area contributed by atoms with E-state index in [1.807, 2.05) is 60.8 Å². The Kier molecular flexibility index (Phi) is 32.6. The molecule has 0 saturated carbocycles. The summed E-state index contributed by atoms with van der Waals surface area (Å²) in [6.45, 7) is 2.37. The maximum atomic E-state index is 12.5. The summed E-state index contributed by atoms with van der Waals surface area (Å²) in [5.41, 5.74) is 5.30. The maximum Gasteiger partial charge on any atom is 0.472 e. The Hall–Kier alpha value is -3.86. The average Bonchev–Trinajstić information content (AvgIpc) is 3.13. The molecule has 0 aliphatic carbocycles. The van der Waals surface area contributed by atoms with Crippen LogP contribution < -0.4 is 5.73 Å². The second kappa shape index (κ2) is 35.2. The fourth-order valence-corrected chi connectivity index (χ4v) is 4.78. The van der Waals surface area contributed by atoms with E-state index in [9.17, 15) is 23.8 Å². The van der Waals surface area contributed by atoms with Crippen molar-refractivity contribution in [2.24, 2.45) is 5.73 Å². The molecule has 0 aliphatic heterocycles. The number of nitrogens with two attached hydrogens (primary N) is 1. The molecule has 53 heavy (non-hydrogen) atoms. The number of esters is 2. The number of carbonyl (C=O) groups excluding carboxylic acids is 2. The van der Waals surface area contributed by atoms with Gasteiger partial charge in [-0.3, -0.25) is 23.4 Å². The van der Waals surface area contributed by atoms with Crippen molar-refractivity contribution in [3.8, 4) is 0 Å². The summed E-state index contributed by atoms with van der Waals surface area (Å²) in [4.78, 5) is 45.7. The molecule has 0 aromatic carbocycles. The van der Waals surface area contributed by atoms with Crippen LogP contribution in [0, 0.1) is 0 Å². The van der Waals surface area contributed by atoms with Gasteiger partial charge in [-0.2, -0.15) is 0 Å². The average molecular weight is 760 g/mol. The Morgan fingerprint density at radius 3 is 1.72 bits per heavy atom. The van der Waals surface area contributed by atoms with Crippen LogP contribution in [0.4, 0.5) is 0 Å². The summed E-state index contributed by atoms with van der Waals surface area (Å²) in [5.74, 6) is -2.56. The Labute approximate surface area is 317 Å². The predicted octanol–water partition coefficient (Wildman–Crippen LogP) is 9.10.